The summed E-state index contributed by atoms with van der Waals surface area (Å²) in [4.78, 5) is 40.0. The molecule has 1 heterocycles. The second-order valence-corrected chi connectivity index (χ2v) is 19.0. The van der Waals surface area contributed by atoms with Crippen LogP contribution in [0.5, 0.6) is 5.75 Å². The van der Waals surface area contributed by atoms with Crippen molar-refractivity contribution in [3.05, 3.63) is 18.0 Å². The number of esters is 2. The number of hydrogen-bond donors (Lipinski definition) is 3. The summed E-state index contributed by atoms with van der Waals surface area (Å²) in [5.41, 5.74) is 0.271. The number of hydrogen-bond acceptors (Lipinski definition) is 8. The molecular weight excluding hydrogens is 803 g/mol. The van der Waals surface area contributed by atoms with Gasteiger partial charge < -0.3 is 34.5 Å². The lowest BCUT2D eigenvalue weighted by atomic mass is 10.0. The maximum Gasteiger partial charge on any atom is 0.306 e. The Labute approximate surface area is 393 Å². The monoisotopic (exact) mass is 904 g/mol. The van der Waals surface area contributed by atoms with Crippen LogP contribution < -0.4 is 5.32 Å². The van der Waals surface area contributed by atoms with Crippen LogP contribution in [0.25, 0.3) is 0 Å². The van der Waals surface area contributed by atoms with E-state index in [1.165, 1.54) is 115 Å². The maximum absolute atomic E-state index is 12.9. The zero-order valence-electron chi connectivity index (χ0n) is 42.1. The maximum atomic E-state index is 12.9. The van der Waals surface area contributed by atoms with E-state index < -0.39 is 6.10 Å². The van der Waals surface area contributed by atoms with Crippen molar-refractivity contribution in [2.75, 3.05) is 32.8 Å². The van der Waals surface area contributed by atoms with Gasteiger partial charge in [-0.3, -0.25) is 14.4 Å². The minimum atomic E-state index is -0.457. The van der Waals surface area contributed by atoms with Crippen LogP contribution in [0, 0.1) is 0 Å². The number of aliphatic hydroxyl groups is 1. The lowest BCUT2D eigenvalue weighted by molar-refractivity contribution is -0.150. The van der Waals surface area contributed by atoms with E-state index in [0.717, 1.165) is 116 Å². The number of aromatic nitrogens is 1. The van der Waals surface area contributed by atoms with E-state index in [1.807, 2.05) is 0 Å². The molecule has 3 N–H and O–H groups in total. The molecule has 0 saturated carbocycles. The van der Waals surface area contributed by atoms with Crippen molar-refractivity contribution < 1.29 is 34.1 Å². The molecule has 0 aliphatic heterocycles. The van der Waals surface area contributed by atoms with Crippen LogP contribution in [-0.4, -0.2) is 82.5 Å². The molecule has 1 atom stereocenters. The molecule has 0 aliphatic rings. The summed E-state index contributed by atoms with van der Waals surface area (Å²) in [6, 6.07) is 0. The molecule has 1 amide bonds. The van der Waals surface area contributed by atoms with Gasteiger partial charge in [-0.15, -0.1) is 0 Å². The van der Waals surface area contributed by atoms with Crippen LogP contribution in [0.1, 0.15) is 262 Å². The molecule has 0 spiro atoms. The van der Waals surface area contributed by atoms with Crippen molar-refractivity contribution in [3.63, 3.8) is 0 Å². The average molecular weight is 904 g/mol. The number of rotatable bonds is 47. The van der Waals surface area contributed by atoms with Gasteiger partial charge in [-0.1, -0.05) is 162 Å². The third-order valence-corrected chi connectivity index (χ3v) is 12.7. The highest BCUT2D eigenvalue weighted by atomic mass is 16.5. The van der Waals surface area contributed by atoms with Crippen LogP contribution in [-0.2, 0) is 26.1 Å². The molecule has 64 heavy (non-hydrogen) atoms. The molecule has 10 heteroatoms. The summed E-state index contributed by atoms with van der Waals surface area (Å²) >= 11 is 0. The number of ether oxygens (including phenoxy) is 2. The number of unbranched alkanes of at least 4 members (excludes halogenated alkanes) is 25. The molecule has 0 saturated heterocycles. The van der Waals surface area contributed by atoms with E-state index in [0.29, 0.717) is 39.0 Å². The van der Waals surface area contributed by atoms with Crippen LogP contribution in [0.15, 0.2) is 12.4 Å². The minimum absolute atomic E-state index is 0.0212. The Balaban J connectivity index is 2.44. The molecule has 1 unspecified atom stereocenters. The van der Waals surface area contributed by atoms with Gasteiger partial charge in [0.15, 0.2) is 0 Å². The first-order valence-corrected chi connectivity index (χ1v) is 27.1. The van der Waals surface area contributed by atoms with Gasteiger partial charge in [0, 0.05) is 45.4 Å². The molecule has 374 valence electrons. The number of aromatic hydroxyl groups is 1. The Kier molecular flexibility index (Phi) is 39.9. The molecule has 0 radical (unpaired) electrons. The zero-order chi connectivity index (χ0) is 46.7. The van der Waals surface area contributed by atoms with Crippen molar-refractivity contribution in [3.8, 4) is 5.75 Å². The lowest BCUT2D eigenvalue weighted by Gasteiger charge is -2.25. The van der Waals surface area contributed by atoms with Gasteiger partial charge in [-0.05, 0) is 90.1 Å². The van der Waals surface area contributed by atoms with Crippen molar-refractivity contribution >= 4 is 17.8 Å². The minimum Gasteiger partial charge on any atom is -0.506 e. The first kappa shape index (κ1) is 59.4. The second kappa shape index (κ2) is 43.0. The number of carbonyl (C=O) groups excluding carboxylic acids is 3. The summed E-state index contributed by atoms with van der Waals surface area (Å²) in [6.07, 6.45) is 42.1. The van der Waals surface area contributed by atoms with Crippen LogP contribution in [0.4, 0.5) is 0 Å². The number of carbonyl (C=O) groups is 3. The second-order valence-electron chi connectivity index (χ2n) is 19.0. The van der Waals surface area contributed by atoms with Crippen molar-refractivity contribution in [2.24, 2.45) is 7.05 Å². The Morgan fingerprint density at radius 2 is 1.03 bits per heavy atom. The summed E-state index contributed by atoms with van der Waals surface area (Å²) in [5, 5.41) is 23.8. The molecule has 0 bridgehead atoms. The molecule has 0 aromatic carbocycles. The Bertz CT molecular complexity index is 1220. The molecule has 1 aromatic rings. The van der Waals surface area contributed by atoms with E-state index in [9.17, 15) is 24.6 Å². The molecule has 1 rings (SSSR count). The lowest BCUT2D eigenvalue weighted by Crippen LogP contribution is -2.34. The average Bonchev–Trinajstić information content (AvgIpc) is 3.62. The van der Waals surface area contributed by atoms with E-state index in [1.54, 1.807) is 17.8 Å². The molecule has 1 aromatic heterocycles. The fourth-order valence-corrected chi connectivity index (χ4v) is 8.63. The predicted octanol–water partition coefficient (Wildman–Crippen LogP) is 13.7. The van der Waals surface area contributed by atoms with Crippen LogP contribution >= 0.6 is 0 Å². The predicted molar refractivity (Wildman–Crippen MR) is 266 cm³/mol. The van der Waals surface area contributed by atoms with Gasteiger partial charge in [-0.25, -0.2) is 0 Å². The summed E-state index contributed by atoms with van der Waals surface area (Å²) < 4.78 is 13.2. The molecule has 10 nitrogen and oxygen atoms in total. The van der Waals surface area contributed by atoms with Crippen LogP contribution in [0.3, 0.4) is 0 Å². The summed E-state index contributed by atoms with van der Waals surface area (Å²) in [7, 11) is 1.77. The van der Waals surface area contributed by atoms with Crippen molar-refractivity contribution in [2.45, 2.75) is 264 Å². The third-order valence-electron chi connectivity index (χ3n) is 12.7. The van der Waals surface area contributed by atoms with Crippen molar-refractivity contribution in [1.29, 1.82) is 0 Å². The van der Waals surface area contributed by atoms with Gasteiger partial charge in [0.1, 0.15) is 11.9 Å². The Morgan fingerprint density at radius 3 is 1.56 bits per heavy atom. The number of aryl methyl sites for hydroxylation is 1. The Morgan fingerprint density at radius 1 is 0.578 bits per heavy atom. The Hall–Kier alpha value is -2.59. The number of nitrogens with zero attached hydrogens (tertiary/aromatic N) is 2. The van der Waals surface area contributed by atoms with Crippen molar-refractivity contribution in [1.82, 2.24) is 14.8 Å². The number of nitrogens with one attached hydrogen (secondary N) is 1. The number of aliphatic hydroxyl groups excluding tert-OH is 1. The van der Waals surface area contributed by atoms with Gasteiger partial charge in [-0.2, -0.15) is 0 Å². The SMILES string of the molecule is CCCCCCCCCCCOC(=O)CCCCCN(CCCCCCCC(=O)OC(CCCCCCCC)CCCCCCCC)CC(O)CCCCNC(=O)c1cn(C)cc1O. The first-order valence-electron chi connectivity index (χ1n) is 27.1. The third kappa shape index (κ3) is 35.6. The van der Waals surface area contributed by atoms with Crippen LogP contribution in [0.2, 0.25) is 0 Å². The standard InChI is InChI=1S/C54H101N3O7/c1-5-8-11-14-17-18-19-25-35-44-63-52(60)39-30-26-34-43-57(45-48(58)36-31-32-41-55-54(62)50-46-56(4)47-51(50)59)42-33-24-20-23-29-40-53(61)64-49(37-27-21-15-12-9-6-2)38-28-22-16-13-10-7-3/h46-49,58-59H,5-45H2,1-4H3,(H,55,62). The fraction of sp³-hybridized carbons (Fsp3) is 0.870. The topological polar surface area (TPSA) is 130 Å². The normalized spacial score (nSPS) is 12.0. The molecule has 0 fully saturated rings. The largest absolute Gasteiger partial charge is 0.506 e. The zero-order valence-corrected chi connectivity index (χ0v) is 42.1. The first-order chi connectivity index (χ1) is 31.2. The van der Waals surface area contributed by atoms with E-state index in [4.69, 9.17) is 9.47 Å². The quantitative estimate of drug-likeness (QED) is 0.0435. The highest BCUT2D eigenvalue weighted by molar-refractivity contribution is 5.96. The van der Waals surface area contributed by atoms with E-state index in [-0.39, 0.29) is 35.3 Å². The summed E-state index contributed by atoms with van der Waals surface area (Å²) in [6.45, 7) is 10.2. The fourth-order valence-electron chi connectivity index (χ4n) is 8.63. The highest BCUT2D eigenvalue weighted by Crippen LogP contribution is 2.20. The molecule has 0 aliphatic carbocycles. The van der Waals surface area contributed by atoms with Gasteiger partial charge >= 0.3 is 11.9 Å². The smallest absolute Gasteiger partial charge is 0.306 e. The van der Waals surface area contributed by atoms with Gasteiger partial charge in [0.05, 0.1) is 18.3 Å². The highest BCUT2D eigenvalue weighted by Gasteiger charge is 2.16. The number of amides is 1. The van der Waals surface area contributed by atoms with E-state index >= 15 is 0 Å². The molecular formula is C54H101N3O7. The van der Waals surface area contributed by atoms with Gasteiger partial charge in [0.25, 0.3) is 5.91 Å². The van der Waals surface area contributed by atoms with E-state index in [2.05, 4.69) is 31.0 Å². The van der Waals surface area contributed by atoms with Gasteiger partial charge in [0.2, 0.25) is 0 Å². The summed E-state index contributed by atoms with van der Waals surface area (Å²) in [5.74, 6) is -0.422.